The highest BCUT2D eigenvalue weighted by Gasteiger charge is 2.33. The molecule has 0 amide bonds. The smallest absolute Gasteiger partial charge is 0.344 e. The third-order valence-corrected chi connectivity index (χ3v) is 8.68. The van der Waals surface area contributed by atoms with E-state index in [1.54, 1.807) is 38.3 Å². The Morgan fingerprint density at radius 1 is 1.07 bits per heavy atom. The van der Waals surface area contributed by atoms with E-state index in [0.29, 0.717) is 27.3 Å². The Kier molecular flexibility index (Phi) is 8.50. The van der Waals surface area contributed by atoms with Crippen molar-refractivity contribution in [1.82, 2.24) is 4.57 Å². The normalized spacial score (nSPS) is 18.1. The van der Waals surface area contributed by atoms with Crippen molar-refractivity contribution in [2.45, 2.75) is 58.8 Å². The topological polar surface area (TPSA) is 73.0 Å². The number of benzene rings is 2. The zero-order valence-electron chi connectivity index (χ0n) is 23.6. The van der Waals surface area contributed by atoms with Crippen LogP contribution in [0, 0.1) is 13.8 Å². The Balaban J connectivity index is 1.46. The van der Waals surface area contributed by atoms with Crippen LogP contribution in [-0.4, -0.2) is 34.4 Å². The van der Waals surface area contributed by atoms with Crippen molar-refractivity contribution in [3.8, 4) is 11.4 Å². The number of aliphatic imine (C=N–C) groups is 1. The van der Waals surface area contributed by atoms with Crippen LogP contribution in [0.4, 0.5) is 5.69 Å². The highest BCUT2D eigenvalue weighted by molar-refractivity contribution is 8.18. The van der Waals surface area contributed by atoms with Gasteiger partial charge in [-0.2, -0.15) is 0 Å². The molecule has 2 aromatic carbocycles. The largest absolute Gasteiger partial charge is 0.506 e. The van der Waals surface area contributed by atoms with E-state index in [9.17, 15) is 9.90 Å². The summed E-state index contributed by atoms with van der Waals surface area (Å²) in [6.07, 6.45) is 8.49. The van der Waals surface area contributed by atoms with Crippen molar-refractivity contribution >= 4 is 34.5 Å². The van der Waals surface area contributed by atoms with Crippen LogP contribution in [0.3, 0.4) is 0 Å². The van der Waals surface area contributed by atoms with Gasteiger partial charge in [0.1, 0.15) is 22.1 Å². The second-order valence-corrected chi connectivity index (χ2v) is 11.3. The molecule has 3 aromatic rings. The molecule has 7 heteroatoms. The summed E-state index contributed by atoms with van der Waals surface area (Å²) in [5, 5.41) is 11.6. The number of aliphatic hydroxyl groups is 1. The molecule has 6 nitrogen and oxygen atoms in total. The summed E-state index contributed by atoms with van der Waals surface area (Å²) in [5.74, 6) is 0.683. The summed E-state index contributed by atoms with van der Waals surface area (Å²) < 4.78 is 12.7. The number of hydrogen-bond donors (Lipinski definition) is 1. The average molecular weight is 557 g/mol. The molecule has 1 aliphatic carbocycles. The zero-order chi connectivity index (χ0) is 28.2. The van der Waals surface area contributed by atoms with E-state index < -0.39 is 5.97 Å². The van der Waals surface area contributed by atoms with Gasteiger partial charge >= 0.3 is 5.97 Å². The lowest BCUT2D eigenvalue weighted by Gasteiger charge is -2.22. The third kappa shape index (κ3) is 5.75. The SMILES string of the molecule is CCOC(=O)C1=C(O)/C(=C/c2cc(C)n(-c3ccc(C4CCCCC4)cc3)c2C)SC1=Nc1ccc(OC)cc1. The first-order valence-electron chi connectivity index (χ1n) is 13.9. The molecular weight excluding hydrogens is 520 g/mol. The molecule has 0 unspecified atom stereocenters. The van der Waals surface area contributed by atoms with Crippen LogP contribution in [-0.2, 0) is 9.53 Å². The fourth-order valence-electron chi connectivity index (χ4n) is 5.57. The van der Waals surface area contributed by atoms with Gasteiger partial charge in [-0.25, -0.2) is 9.79 Å². The Morgan fingerprint density at radius 2 is 1.77 bits per heavy atom. The first-order chi connectivity index (χ1) is 19.4. The number of hydrogen-bond acceptors (Lipinski definition) is 6. The number of nitrogens with zero attached hydrogens (tertiary/aromatic N) is 2. The van der Waals surface area contributed by atoms with Gasteiger partial charge in [0.15, 0.2) is 0 Å². The summed E-state index contributed by atoms with van der Waals surface area (Å²) in [6.45, 7) is 6.11. The zero-order valence-corrected chi connectivity index (χ0v) is 24.4. The van der Waals surface area contributed by atoms with Gasteiger partial charge in [0.2, 0.25) is 0 Å². The summed E-state index contributed by atoms with van der Waals surface area (Å²) in [5.41, 5.74) is 6.40. The fraction of sp³-hybridized carbons (Fsp3) is 0.333. The second-order valence-electron chi connectivity index (χ2n) is 10.3. The molecule has 0 saturated heterocycles. The minimum atomic E-state index is -0.591. The summed E-state index contributed by atoms with van der Waals surface area (Å²) in [6, 6.07) is 18.3. The molecule has 5 rings (SSSR count). The van der Waals surface area contributed by atoms with Gasteiger partial charge in [0, 0.05) is 17.1 Å². The second kappa shape index (κ2) is 12.2. The van der Waals surface area contributed by atoms with Crippen LogP contribution >= 0.6 is 11.8 Å². The molecule has 2 aliphatic rings. The highest BCUT2D eigenvalue weighted by Crippen LogP contribution is 2.41. The van der Waals surface area contributed by atoms with Gasteiger partial charge in [0.25, 0.3) is 0 Å². The van der Waals surface area contributed by atoms with Crippen LogP contribution < -0.4 is 4.74 Å². The minimum absolute atomic E-state index is 0.0843. The van der Waals surface area contributed by atoms with Gasteiger partial charge in [-0.15, -0.1) is 0 Å². The molecular formula is C33H36N2O4S. The van der Waals surface area contributed by atoms with E-state index in [0.717, 1.165) is 22.6 Å². The third-order valence-electron chi connectivity index (χ3n) is 7.66. The van der Waals surface area contributed by atoms with Gasteiger partial charge < -0.3 is 19.1 Å². The van der Waals surface area contributed by atoms with E-state index in [-0.39, 0.29) is 17.9 Å². The number of aromatic nitrogens is 1. The predicted molar refractivity (Wildman–Crippen MR) is 163 cm³/mol. The number of ether oxygens (including phenoxy) is 2. The molecule has 2 heterocycles. The van der Waals surface area contributed by atoms with Crippen LogP contribution in [0.25, 0.3) is 11.8 Å². The van der Waals surface area contributed by atoms with E-state index in [4.69, 9.17) is 9.47 Å². The predicted octanol–water partition coefficient (Wildman–Crippen LogP) is 8.34. The van der Waals surface area contributed by atoms with Crippen LogP contribution in [0.2, 0.25) is 0 Å². The Morgan fingerprint density at radius 3 is 2.42 bits per heavy atom. The molecule has 0 radical (unpaired) electrons. The first-order valence-corrected chi connectivity index (χ1v) is 14.7. The number of aryl methyl sites for hydroxylation is 1. The van der Waals surface area contributed by atoms with Gasteiger partial charge in [-0.05, 0) is 99.2 Å². The van der Waals surface area contributed by atoms with E-state index in [2.05, 4.69) is 53.7 Å². The highest BCUT2D eigenvalue weighted by atomic mass is 32.2. The number of methoxy groups -OCH3 is 1. The van der Waals surface area contributed by atoms with Crippen molar-refractivity contribution in [3.05, 3.63) is 93.3 Å². The van der Waals surface area contributed by atoms with Crippen LogP contribution in [0.5, 0.6) is 5.75 Å². The fourth-order valence-corrected chi connectivity index (χ4v) is 6.60. The average Bonchev–Trinajstić information content (AvgIpc) is 3.43. The van der Waals surface area contributed by atoms with E-state index >= 15 is 0 Å². The lowest BCUT2D eigenvalue weighted by molar-refractivity contribution is -0.138. The van der Waals surface area contributed by atoms with Crippen molar-refractivity contribution in [1.29, 1.82) is 0 Å². The number of thioether (sulfide) groups is 1. The molecule has 0 atom stereocenters. The quantitative estimate of drug-likeness (QED) is 0.296. The summed E-state index contributed by atoms with van der Waals surface area (Å²) in [7, 11) is 1.61. The number of esters is 1. The first kappa shape index (κ1) is 27.8. The summed E-state index contributed by atoms with van der Waals surface area (Å²) in [4.78, 5) is 18.0. The van der Waals surface area contributed by atoms with Gasteiger partial charge in [-0.3, -0.25) is 0 Å². The van der Waals surface area contributed by atoms with Gasteiger partial charge in [0.05, 0.1) is 24.3 Å². The lowest BCUT2D eigenvalue weighted by atomic mass is 9.84. The monoisotopic (exact) mass is 556 g/mol. The number of aliphatic hydroxyl groups excluding tert-OH is 1. The van der Waals surface area contributed by atoms with E-state index in [1.165, 1.54) is 49.4 Å². The Labute approximate surface area is 240 Å². The minimum Gasteiger partial charge on any atom is -0.506 e. The maximum absolute atomic E-state index is 12.8. The number of carbonyl (C=O) groups excluding carboxylic acids is 1. The molecule has 0 bridgehead atoms. The Hall–Kier alpha value is -3.71. The Bertz CT molecular complexity index is 1470. The van der Waals surface area contributed by atoms with Crippen molar-refractivity contribution in [2.75, 3.05) is 13.7 Å². The van der Waals surface area contributed by atoms with Crippen molar-refractivity contribution in [2.24, 2.45) is 4.99 Å². The van der Waals surface area contributed by atoms with Crippen molar-refractivity contribution < 1.29 is 19.4 Å². The van der Waals surface area contributed by atoms with Gasteiger partial charge in [-0.1, -0.05) is 43.2 Å². The van der Waals surface area contributed by atoms with Crippen LogP contribution in [0.1, 0.15) is 67.5 Å². The van der Waals surface area contributed by atoms with Crippen LogP contribution in [0.15, 0.2) is 75.8 Å². The number of rotatable bonds is 7. The standard InChI is InChI=1S/C33H36N2O4S/c1-5-39-33(37)30-31(36)29(40-32(30)34-26-13-17-28(38-4)18-14-26)20-25-19-21(2)35(22(25)3)27-15-11-24(12-16-27)23-9-7-6-8-10-23/h11-20,23,36H,5-10H2,1-4H3/b29-20-,34-32?. The molecule has 1 fully saturated rings. The molecule has 1 aliphatic heterocycles. The molecule has 1 saturated carbocycles. The molecule has 0 spiro atoms. The maximum atomic E-state index is 12.8. The molecule has 40 heavy (non-hydrogen) atoms. The number of carbonyl (C=O) groups is 1. The molecule has 1 aromatic heterocycles. The molecule has 1 N–H and O–H groups in total. The lowest BCUT2D eigenvalue weighted by Crippen LogP contribution is -2.12. The summed E-state index contributed by atoms with van der Waals surface area (Å²) >= 11 is 1.26. The van der Waals surface area contributed by atoms with E-state index in [1.807, 2.05) is 6.08 Å². The molecule has 208 valence electrons. The van der Waals surface area contributed by atoms with Crippen molar-refractivity contribution in [3.63, 3.8) is 0 Å². The maximum Gasteiger partial charge on any atom is 0.344 e.